The number of pyridine rings is 1. The van der Waals surface area contributed by atoms with Gasteiger partial charge in [0.1, 0.15) is 11.2 Å². The number of aliphatic carboxylic acids is 1. The first-order valence-corrected chi connectivity index (χ1v) is 6.59. The van der Waals surface area contributed by atoms with Crippen molar-refractivity contribution in [2.45, 2.75) is 32.2 Å². The molecule has 1 amide bonds. The summed E-state index contributed by atoms with van der Waals surface area (Å²) in [7, 11) is 0. The molecule has 0 saturated heterocycles. The molecule has 0 aromatic carbocycles. The normalized spacial score (nSPS) is 15.9. The summed E-state index contributed by atoms with van der Waals surface area (Å²) < 4.78 is 0. The molecule has 1 saturated carbocycles. The fraction of sp³-hybridized carbons (Fsp3) is 0.462. The van der Waals surface area contributed by atoms with Gasteiger partial charge in [0, 0.05) is 11.3 Å². The van der Waals surface area contributed by atoms with E-state index in [1.54, 1.807) is 6.07 Å². The Balaban J connectivity index is 2.14. The van der Waals surface area contributed by atoms with Crippen LogP contribution >= 0.6 is 11.6 Å². The number of nitrogens with zero attached hydrogens (tertiary/aromatic N) is 1. The summed E-state index contributed by atoms with van der Waals surface area (Å²) >= 11 is 5.84. The highest BCUT2D eigenvalue weighted by Gasteiger charge is 2.37. The molecule has 0 spiro atoms. The molecule has 1 atom stereocenters. The van der Waals surface area contributed by atoms with Crippen LogP contribution < -0.4 is 5.32 Å². The molecule has 19 heavy (non-hydrogen) atoms. The molecule has 1 heterocycles. The lowest BCUT2D eigenvalue weighted by atomic mass is 10.1. The molecule has 1 fully saturated rings. The third-order valence-corrected chi connectivity index (χ3v) is 3.31. The van der Waals surface area contributed by atoms with Gasteiger partial charge in [0.05, 0.1) is 0 Å². The standard InChI is InChI=1S/C13H15ClN2O3/c1-2-9-5-8(6-10(14)15-9)12(17)16-11(13(18)19)7-3-4-7/h5-7,11H,2-4H2,1H3,(H,16,17)(H,18,19). The van der Waals surface area contributed by atoms with E-state index in [4.69, 9.17) is 16.7 Å². The maximum absolute atomic E-state index is 12.1. The molecule has 1 aromatic rings. The number of hydrogen-bond donors (Lipinski definition) is 2. The minimum absolute atomic E-state index is 0.0457. The molecule has 1 aromatic heterocycles. The number of aryl methyl sites for hydroxylation is 1. The van der Waals surface area contributed by atoms with Crippen LogP contribution in [0.3, 0.4) is 0 Å². The number of carbonyl (C=O) groups excluding carboxylic acids is 1. The number of nitrogens with one attached hydrogen (secondary N) is 1. The zero-order valence-corrected chi connectivity index (χ0v) is 11.3. The summed E-state index contributed by atoms with van der Waals surface area (Å²) in [5, 5.41) is 11.9. The van der Waals surface area contributed by atoms with E-state index in [9.17, 15) is 9.59 Å². The lowest BCUT2D eigenvalue weighted by molar-refractivity contribution is -0.139. The fourth-order valence-corrected chi connectivity index (χ4v) is 2.12. The van der Waals surface area contributed by atoms with Gasteiger partial charge in [0.15, 0.2) is 0 Å². The van der Waals surface area contributed by atoms with Crippen molar-refractivity contribution in [3.8, 4) is 0 Å². The van der Waals surface area contributed by atoms with Crippen LogP contribution in [0.15, 0.2) is 12.1 Å². The summed E-state index contributed by atoms with van der Waals surface area (Å²) in [4.78, 5) is 27.2. The van der Waals surface area contributed by atoms with Crippen LogP contribution in [0, 0.1) is 5.92 Å². The van der Waals surface area contributed by atoms with Crippen LogP contribution in [0.4, 0.5) is 0 Å². The zero-order valence-electron chi connectivity index (χ0n) is 10.5. The van der Waals surface area contributed by atoms with Crippen LogP contribution in [-0.2, 0) is 11.2 Å². The van der Waals surface area contributed by atoms with Gasteiger partial charge in [-0.15, -0.1) is 0 Å². The second kappa shape index (κ2) is 5.57. The number of halogens is 1. The van der Waals surface area contributed by atoms with E-state index >= 15 is 0 Å². The van der Waals surface area contributed by atoms with Crippen LogP contribution in [0.1, 0.15) is 35.8 Å². The Labute approximate surface area is 116 Å². The van der Waals surface area contributed by atoms with Crippen molar-refractivity contribution in [3.63, 3.8) is 0 Å². The smallest absolute Gasteiger partial charge is 0.326 e. The van der Waals surface area contributed by atoms with Gasteiger partial charge in [-0.1, -0.05) is 18.5 Å². The molecular weight excluding hydrogens is 268 g/mol. The molecule has 2 rings (SSSR count). The molecule has 2 N–H and O–H groups in total. The lowest BCUT2D eigenvalue weighted by Gasteiger charge is -2.14. The first kappa shape index (κ1) is 13.8. The molecule has 1 aliphatic rings. The van der Waals surface area contributed by atoms with Gasteiger partial charge in [-0.05, 0) is 37.3 Å². The number of rotatable bonds is 5. The molecule has 1 aliphatic carbocycles. The third kappa shape index (κ3) is 3.44. The Bertz CT molecular complexity index is 515. The second-order valence-corrected chi connectivity index (χ2v) is 5.04. The van der Waals surface area contributed by atoms with Gasteiger partial charge >= 0.3 is 5.97 Å². The van der Waals surface area contributed by atoms with E-state index in [0.29, 0.717) is 17.7 Å². The number of carbonyl (C=O) groups is 2. The summed E-state index contributed by atoms with van der Waals surface area (Å²) in [6.07, 6.45) is 2.34. The van der Waals surface area contributed by atoms with E-state index in [0.717, 1.165) is 12.8 Å². The average Bonchev–Trinajstić information content (AvgIpc) is 3.18. The topological polar surface area (TPSA) is 79.3 Å². The minimum atomic E-state index is -0.994. The highest BCUT2D eigenvalue weighted by Crippen LogP contribution is 2.32. The van der Waals surface area contributed by atoms with Crippen LogP contribution in [0.25, 0.3) is 0 Å². The summed E-state index contributed by atoms with van der Waals surface area (Å²) in [6, 6.07) is 2.26. The van der Waals surface area contributed by atoms with E-state index in [1.165, 1.54) is 6.07 Å². The van der Waals surface area contributed by atoms with Crippen molar-refractivity contribution >= 4 is 23.5 Å². The van der Waals surface area contributed by atoms with Crippen molar-refractivity contribution in [2.75, 3.05) is 0 Å². The maximum atomic E-state index is 12.1. The molecule has 1 unspecified atom stereocenters. The average molecular weight is 283 g/mol. The molecule has 0 radical (unpaired) electrons. The minimum Gasteiger partial charge on any atom is -0.480 e. The highest BCUT2D eigenvalue weighted by atomic mass is 35.5. The monoisotopic (exact) mass is 282 g/mol. The quantitative estimate of drug-likeness (QED) is 0.808. The van der Waals surface area contributed by atoms with Crippen molar-refractivity contribution < 1.29 is 14.7 Å². The number of carboxylic acid groups (broad SMARTS) is 1. The zero-order chi connectivity index (χ0) is 14.0. The molecule has 5 nitrogen and oxygen atoms in total. The van der Waals surface area contributed by atoms with Gasteiger partial charge in [-0.2, -0.15) is 0 Å². The van der Waals surface area contributed by atoms with Gasteiger partial charge in [-0.3, -0.25) is 4.79 Å². The molecule has 6 heteroatoms. The largest absolute Gasteiger partial charge is 0.480 e. The van der Waals surface area contributed by atoms with Gasteiger partial charge in [-0.25, -0.2) is 9.78 Å². The van der Waals surface area contributed by atoms with Crippen LogP contribution in [-0.4, -0.2) is 28.0 Å². The Morgan fingerprint density at radius 3 is 2.74 bits per heavy atom. The summed E-state index contributed by atoms with van der Waals surface area (Å²) in [5.41, 5.74) is 1.06. The Morgan fingerprint density at radius 2 is 2.21 bits per heavy atom. The number of amides is 1. The van der Waals surface area contributed by atoms with E-state index in [1.807, 2.05) is 6.92 Å². The number of hydrogen-bond acceptors (Lipinski definition) is 3. The van der Waals surface area contributed by atoms with E-state index in [-0.39, 0.29) is 11.1 Å². The molecular formula is C13H15ClN2O3. The van der Waals surface area contributed by atoms with Gasteiger partial charge < -0.3 is 10.4 Å². The molecule has 102 valence electrons. The first-order valence-electron chi connectivity index (χ1n) is 6.21. The molecule has 0 bridgehead atoms. The van der Waals surface area contributed by atoms with Crippen LogP contribution in [0.5, 0.6) is 0 Å². The maximum Gasteiger partial charge on any atom is 0.326 e. The van der Waals surface area contributed by atoms with E-state index in [2.05, 4.69) is 10.3 Å². The lowest BCUT2D eigenvalue weighted by Crippen LogP contribution is -2.42. The van der Waals surface area contributed by atoms with E-state index < -0.39 is 17.9 Å². The molecule has 0 aliphatic heterocycles. The van der Waals surface area contributed by atoms with Crippen LogP contribution in [0.2, 0.25) is 5.15 Å². The summed E-state index contributed by atoms with van der Waals surface area (Å²) in [6.45, 7) is 1.91. The Kier molecular flexibility index (Phi) is 4.04. The first-order chi connectivity index (χ1) is 9.01. The Morgan fingerprint density at radius 1 is 1.53 bits per heavy atom. The predicted octanol–water partition coefficient (Wildman–Crippen LogP) is 1.89. The predicted molar refractivity (Wildman–Crippen MR) is 70.2 cm³/mol. The highest BCUT2D eigenvalue weighted by molar-refractivity contribution is 6.29. The van der Waals surface area contributed by atoms with Crippen molar-refractivity contribution in [1.82, 2.24) is 10.3 Å². The fourth-order valence-electron chi connectivity index (χ4n) is 1.90. The third-order valence-electron chi connectivity index (χ3n) is 3.12. The van der Waals surface area contributed by atoms with Crippen molar-refractivity contribution in [2.24, 2.45) is 5.92 Å². The van der Waals surface area contributed by atoms with Crippen molar-refractivity contribution in [1.29, 1.82) is 0 Å². The SMILES string of the molecule is CCc1cc(C(=O)NC(C(=O)O)C2CC2)cc(Cl)n1. The Hall–Kier alpha value is -1.62. The summed E-state index contributed by atoms with van der Waals surface area (Å²) in [5.74, 6) is -1.37. The van der Waals surface area contributed by atoms with Crippen molar-refractivity contribution in [3.05, 3.63) is 28.5 Å². The van der Waals surface area contributed by atoms with Gasteiger partial charge in [0.2, 0.25) is 0 Å². The number of aromatic nitrogens is 1. The van der Waals surface area contributed by atoms with Gasteiger partial charge in [0.25, 0.3) is 5.91 Å². The second-order valence-electron chi connectivity index (χ2n) is 4.65. The number of carboxylic acids is 1.